The first-order chi connectivity index (χ1) is 12.3. The van der Waals surface area contributed by atoms with E-state index in [1.54, 1.807) is 0 Å². The maximum atomic E-state index is 13.0. The molecule has 26 heavy (non-hydrogen) atoms. The average molecular weight is 381 g/mol. The summed E-state index contributed by atoms with van der Waals surface area (Å²) in [6, 6.07) is 2.09. The zero-order chi connectivity index (χ0) is 18.9. The molecule has 1 aromatic heterocycles. The Morgan fingerprint density at radius 3 is 2.42 bits per heavy atom. The van der Waals surface area contributed by atoms with Gasteiger partial charge in [0, 0.05) is 44.3 Å². The van der Waals surface area contributed by atoms with E-state index < -0.39 is 10.0 Å². The summed E-state index contributed by atoms with van der Waals surface area (Å²) in [5.41, 5.74) is 2.47. The Bertz CT molecular complexity index is 786. The number of sulfonamides is 1. The third-order valence-corrected chi connectivity index (χ3v) is 6.24. The second-order valence-corrected chi connectivity index (χ2v) is 9.43. The quantitative estimate of drug-likeness (QED) is 0.856. The van der Waals surface area contributed by atoms with Crippen LogP contribution < -0.4 is 5.32 Å². The van der Waals surface area contributed by atoms with Crippen molar-refractivity contribution in [2.75, 3.05) is 37.8 Å². The molecule has 0 aromatic carbocycles. The number of fused-ring (bicyclic) bond motifs is 1. The van der Waals surface area contributed by atoms with Crippen LogP contribution in [0.2, 0.25) is 0 Å². The minimum Gasteiger partial charge on any atom is -0.367 e. The van der Waals surface area contributed by atoms with Gasteiger partial charge in [0.15, 0.2) is 0 Å². The number of amides is 1. The van der Waals surface area contributed by atoms with Gasteiger partial charge >= 0.3 is 0 Å². The fraction of sp³-hybridized carbons (Fsp3) is 0.667. The summed E-state index contributed by atoms with van der Waals surface area (Å²) >= 11 is 0. The molecule has 0 aliphatic carbocycles. The number of likely N-dealkylation sites (tertiary alicyclic amines) is 1. The Balaban J connectivity index is 1.95. The summed E-state index contributed by atoms with van der Waals surface area (Å²) in [6.45, 7) is 6.48. The molecule has 1 amide bonds. The first-order valence-electron chi connectivity index (χ1n) is 9.29. The van der Waals surface area contributed by atoms with Gasteiger partial charge in [0.2, 0.25) is 10.0 Å². The number of hydrogen-bond acceptors (Lipinski definition) is 5. The van der Waals surface area contributed by atoms with Gasteiger partial charge in [0.05, 0.1) is 11.8 Å². The summed E-state index contributed by atoms with van der Waals surface area (Å²) in [5, 5.41) is 3.30. The van der Waals surface area contributed by atoms with Gasteiger partial charge in [-0.2, -0.15) is 0 Å². The average Bonchev–Trinajstić information content (AvgIpc) is 2.99. The minimum atomic E-state index is -3.22. The number of hydrogen-bond donors (Lipinski definition) is 1. The molecule has 0 bridgehead atoms. The summed E-state index contributed by atoms with van der Waals surface area (Å²) < 4.78 is 25.3. The Morgan fingerprint density at radius 2 is 1.81 bits per heavy atom. The number of carbonyl (C=O) groups excluding carboxylic acids is 1. The topological polar surface area (TPSA) is 82.6 Å². The Labute approximate surface area is 155 Å². The molecular weight excluding hydrogens is 352 g/mol. The number of nitrogens with zero attached hydrogens (tertiary/aromatic N) is 3. The molecule has 0 atom stereocenters. The molecule has 8 heteroatoms. The van der Waals surface area contributed by atoms with E-state index in [1.165, 1.54) is 10.6 Å². The van der Waals surface area contributed by atoms with E-state index >= 15 is 0 Å². The van der Waals surface area contributed by atoms with Crippen LogP contribution in [0.3, 0.4) is 0 Å². The van der Waals surface area contributed by atoms with Gasteiger partial charge < -0.3 is 10.2 Å². The van der Waals surface area contributed by atoms with Crippen LogP contribution >= 0.6 is 0 Å². The molecule has 3 heterocycles. The monoisotopic (exact) mass is 380 g/mol. The van der Waals surface area contributed by atoms with Crippen LogP contribution in [0.25, 0.3) is 0 Å². The van der Waals surface area contributed by atoms with Crippen LogP contribution in [0, 0.1) is 0 Å². The van der Waals surface area contributed by atoms with E-state index in [0.717, 1.165) is 37.2 Å². The van der Waals surface area contributed by atoms with Crippen LogP contribution in [0.15, 0.2) is 6.07 Å². The third-order valence-electron chi connectivity index (χ3n) is 4.94. The maximum Gasteiger partial charge on any atom is 0.257 e. The maximum absolute atomic E-state index is 13.0. The number of rotatable bonds is 4. The normalized spacial score (nSPS) is 18.7. The number of pyridine rings is 1. The van der Waals surface area contributed by atoms with E-state index in [-0.39, 0.29) is 11.9 Å². The lowest BCUT2D eigenvalue weighted by molar-refractivity contribution is 0.0793. The molecule has 2 aliphatic rings. The van der Waals surface area contributed by atoms with Crippen molar-refractivity contribution < 1.29 is 13.2 Å². The Kier molecular flexibility index (Phi) is 5.53. The van der Waals surface area contributed by atoms with Crippen molar-refractivity contribution in [3.05, 3.63) is 22.9 Å². The molecule has 7 nitrogen and oxygen atoms in total. The van der Waals surface area contributed by atoms with Gasteiger partial charge in [0.25, 0.3) is 5.91 Å². The zero-order valence-electron chi connectivity index (χ0n) is 15.8. The molecule has 0 spiro atoms. The molecule has 1 saturated heterocycles. The summed E-state index contributed by atoms with van der Waals surface area (Å²) in [5.74, 6) is 0.633. The molecule has 0 radical (unpaired) electrons. The van der Waals surface area contributed by atoms with Crippen LogP contribution in [-0.4, -0.2) is 67.0 Å². The first kappa shape index (κ1) is 19.1. The van der Waals surface area contributed by atoms with Crippen molar-refractivity contribution in [1.29, 1.82) is 0 Å². The highest BCUT2D eigenvalue weighted by Gasteiger charge is 2.27. The first-order valence-corrected chi connectivity index (χ1v) is 11.1. The Morgan fingerprint density at radius 1 is 1.15 bits per heavy atom. The van der Waals surface area contributed by atoms with Crippen molar-refractivity contribution in [3.63, 3.8) is 0 Å². The van der Waals surface area contributed by atoms with Gasteiger partial charge in [-0.3, -0.25) is 4.79 Å². The van der Waals surface area contributed by atoms with E-state index in [2.05, 4.69) is 5.32 Å². The fourth-order valence-electron chi connectivity index (χ4n) is 3.58. The van der Waals surface area contributed by atoms with Gasteiger partial charge in [-0.05, 0) is 44.7 Å². The summed E-state index contributed by atoms with van der Waals surface area (Å²) in [6.07, 6.45) is 4.47. The molecule has 1 N–H and O–H groups in total. The molecule has 1 aromatic rings. The van der Waals surface area contributed by atoms with Gasteiger partial charge in [-0.1, -0.05) is 0 Å². The number of aromatic nitrogens is 1. The SMILES string of the molecule is CC(C)Nc1nc2c(cc1C(=O)N1CCCC1)CCN(S(C)(=O)=O)CC2. The standard InChI is InChI=1S/C18H28N4O3S/c1-13(2)19-17-15(18(23)21-8-4-5-9-21)12-14-6-10-22(26(3,24)25)11-7-16(14)20-17/h12-13H,4-11H2,1-3H3,(H,19,20). The van der Waals surface area contributed by atoms with Crippen LogP contribution in [0.4, 0.5) is 5.82 Å². The van der Waals surface area contributed by atoms with Crippen LogP contribution in [0.1, 0.15) is 48.3 Å². The number of nitrogens with one attached hydrogen (secondary N) is 1. The highest BCUT2D eigenvalue weighted by Crippen LogP contribution is 2.25. The number of carbonyl (C=O) groups is 1. The van der Waals surface area contributed by atoms with Crippen molar-refractivity contribution in [1.82, 2.24) is 14.2 Å². The molecular formula is C18H28N4O3S. The van der Waals surface area contributed by atoms with E-state index in [1.807, 2.05) is 24.8 Å². The molecule has 3 rings (SSSR count). The minimum absolute atomic E-state index is 0.0187. The second kappa shape index (κ2) is 7.52. The summed E-state index contributed by atoms with van der Waals surface area (Å²) in [4.78, 5) is 19.6. The van der Waals surface area contributed by atoms with E-state index in [0.29, 0.717) is 37.3 Å². The van der Waals surface area contributed by atoms with Crippen molar-refractivity contribution in [2.24, 2.45) is 0 Å². The lowest BCUT2D eigenvalue weighted by Gasteiger charge is -2.21. The predicted molar refractivity (Wildman–Crippen MR) is 102 cm³/mol. The van der Waals surface area contributed by atoms with Gasteiger partial charge in [-0.15, -0.1) is 0 Å². The van der Waals surface area contributed by atoms with Gasteiger partial charge in [0.1, 0.15) is 5.82 Å². The van der Waals surface area contributed by atoms with Crippen molar-refractivity contribution >= 4 is 21.7 Å². The largest absolute Gasteiger partial charge is 0.367 e. The van der Waals surface area contributed by atoms with Crippen LogP contribution in [-0.2, 0) is 22.9 Å². The molecule has 144 valence electrons. The van der Waals surface area contributed by atoms with E-state index in [4.69, 9.17) is 4.98 Å². The smallest absolute Gasteiger partial charge is 0.257 e. The highest BCUT2D eigenvalue weighted by atomic mass is 32.2. The zero-order valence-corrected chi connectivity index (χ0v) is 16.6. The molecule has 0 saturated carbocycles. The van der Waals surface area contributed by atoms with Crippen molar-refractivity contribution in [2.45, 2.75) is 45.6 Å². The second-order valence-electron chi connectivity index (χ2n) is 7.45. The Hall–Kier alpha value is -1.67. The fourth-order valence-corrected chi connectivity index (χ4v) is 4.43. The molecule has 2 aliphatic heterocycles. The lowest BCUT2D eigenvalue weighted by atomic mass is 10.0. The molecule has 1 fully saturated rings. The highest BCUT2D eigenvalue weighted by molar-refractivity contribution is 7.88. The predicted octanol–water partition coefficient (Wildman–Crippen LogP) is 1.50. The van der Waals surface area contributed by atoms with Crippen molar-refractivity contribution in [3.8, 4) is 0 Å². The third kappa shape index (κ3) is 4.17. The molecule has 0 unspecified atom stereocenters. The van der Waals surface area contributed by atoms with E-state index in [9.17, 15) is 13.2 Å². The van der Waals surface area contributed by atoms with Gasteiger partial charge in [-0.25, -0.2) is 17.7 Å². The van der Waals surface area contributed by atoms with Crippen LogP contribution in [0.5, 0.6) is 0 Å². The lowest BCUT2D eigenvalue weighted by Crippen LogP contribution is -2.32. The number of anilines is 1. The summed E-state index contributed by atoms with van der Waals surface area (Å²) in [7, 11) is -3.22.